The molecule has 0 bridgehead atoms. The molecule has 0 heterocycles. The van der Waals surface area contributed by atoms with Gasteiger partial charge < -0.3 is 4.74 Å². The van der Waals surface area contributed by atoms with Crippen molar-refractivity contribution < 1.29 is 9.53 Å². The number of unbranched alkanes of at least 4 members (excludes halogenated alkanes) is 12. The molecule has 260 valence electrons. The fraction of sp³-hybridized carbons (Fsp3) is 0.930. The molecule has 0 amide bonds. The van der Waals surface area contributed by atoms with Gasteiger partial charge in [-0.05, 0) is 97.7 Å². The van der Waals surface area contributed by atoms with Crippen LogP contribution in [0.25, 0.3) is 0 Å². The standard InChI is InChI=1S/C43H76O2/c1-7-8-9-10-11-12-13-14-15-16-17-18-19-23-41(44)45-36-28-30-42(5)35(32-36)24-25-37-39-27-26-38(34(4)22-20-21-33(2)3)43(39,6)31-29-40(37)42/h24,33-34,36-40H,7-23,25-32H2,1-6H3/t34-,36+,37?,38-,39+,40+,42+,43-/m1/s1. The number of ether oxygens (including phenoxy) is 1. The van der Waals surface area contributed by atoms with Crippen molar-refractivity contribution in [1.82, 2.24) is 0 Å². The van der Waals surface area contributed by atoms with Crippen LogP contribution in [0.2, 0.25) is 0 Å². The monoisotopic (exact) mass is 625 g/mol. The highest BCUT2D eigenvalue weighted by atomic mass is 16.5. The van der Waals surface area contributed by atoms with Crippen molar-refractivity contribution in [3.05, 3.63) is 11.6 Å². The SMILES string of the molecule is CCCCCCCCCCCCCCCC(=O)O[C@H]1CC[C@@]2(C)C(=CCC3[C@@H]4CC[C@H]([C@H](C)CCCC(C)C)[C@@]4(C)CC[C@@H]32)C1. The number of hydrogen-bond acceptors (Lipinski definition) is 2. The molecule has 0 aromatic heterocycles. The van der Waals surface area contributed by atoms with Gasteiger partial charge in [-0.3, -0.25) is 4.79 Å². The van der Waals surface area contributed by atoms with Crippen molar-refractivity contribution in [3.63, 3.8) is 0 Å². The maximum Gasteiger partial charge on any atom is 0.306 e. The van der Waals surface area contributed by atoms with Crippen LogP contribution in [0.15, 0.2) is 11.6 Å². The Morgan fingerprint density at radius 1 is 0.778 bits per heavy atom. The van der Waals surface area contributed by atoms with E-state index in [2.05, 4.69) is 47.6 Å². The second-order valence-electron chi connectivity index (χ2n) is 17.6. The van der Waals surface area contributed by atoms with Gasteiger partial charge in [-0.15, -0.1) is 0 Å². The van der Waals surface area contributed by atoms with E-state index in [-0.39, 0.29) is 12.1 Å². The Labute approximate surface area is 281 Å². The van der Waals surface area contributed by atoms with E-state index in [9.17, 15) is 4.79 Å². The lowest BCUT2D eigenvalue weighted by Crippen LogP contribution is -2.51. The van der Waals surface area contributed by atoms with Gasteiger partial charge in [-0.25, -0.2) is 0 Å². The summed E-state index contributed by atoms with van der Waals surface area (Å²) in [6.07, 6.45) is 35.4. The van der Waals surface area contributed by atoms with Gasteiger partial charge in [0.1, 0.15) is 6.10 Å². The third-order valence-corrected chi connectivity index (χ3v) is 14.0. The molecule has 4 rings (SSSR count). The molecule has 4 aliphatic carbocycles. The lowest BCUT2D eigenvalue weighted by atomic mass is 9.47. The van der Waals surface area contributed by atoms with Crippen molar-refractivity contribution in [2.45, 2.75) is 208 Å². The van der Waals surface area contributed by atoms with Gasteiger partial charge in [0.05, 0.1) is 0 Å². The van der Waals surface area contributed by atoms with Gasteiger partial charge in [0.25, 0.3) is 0 Å². The van der Waals surface area contributed by atoms with Crippen LogP contribution < -0.4 is 0 Å². The number of carbonyl (C=O) groups excluding carboxylic acids is 1. The van der Waals surface area contributed by atoms with Crippen LogP contribution in [-0.2, 0) is 9.53 Å². The minimum atomic E-state index is 0.0638. The lowest BCUT2D eigenvalue weighted by Gasteiger charge is -2.58. The van der Waals surface area contributed by atoms with Gasteiger partial charge in [-0.1, -0.05) is 150 Å². The Morgan fingerprint density at radius 3 is 2.07 bits per heavy atom. The molecule has 2 heteroatoms. The minimum absolute atomic E-state index is 0.0638. The molecule has 8 atom stereocenters. The topological polar surface area (TPSA) is 26.3 Å². The number of fused-ring (bicyclic) bond motifs is 5. The van der Waals surface area contributed by atoms with Crippen molar-refractivity contribution in [1.29, 1.82) is 0 Å². The number of allylic oxidation sites excluding steroid dienone is 1. The molecule has 3 fully saturated rings. The molecule has 4 aliphatic rings. The lowest BCUT2D eigenvalue weighted by molar-refractivity contribution is -0.151. The molecule has 45 heavy (non-hydrogen) atoms. The molecular formula is C43H76O2. The highest BCUT2D eigenvalue weighted by Gasteiger charge is 2.59. The first-order valence-corrected chi connectivity index (χ1v) is 20.6. The van der Waals surface area contributed by atoms with Crippen LogP contribution in [0, 0.1) is 46.3 Å². The summed E-state index contributed by atoms with van der Waals surface area (Å²) >= 11 is 0. The predicted molar refractivity (Wildman–Crippen MR) is 193 cm³/mol. The Kier molecular flexibility index (Phi) is 14.9. The van der Waals surface area contributed by atoms with Crippen LogP contribution in [0.4, 0.5) is 0 Å². The first-order valence-electron chi connectivity index (χ1n) is 20.6. The van der Waals surface area contributed by atoms with Crippen LogP contribution in [0.1, 0.15) is 202 Å². The van der Waals surface area contributed by atoms with Crippen molar-refractivity contribution in [2.75, 3.05) is 0 Å². The summed E-state index contributed by atoms with van der Waals surface area (Å²) in [5, 5.41) is 0. The maximum atomic E-state index is 12.8. The Balaban J connectivity index is 1.14. The molecule has 0 radical (unpaired) electrons. The van der Waals surface area contributed by atoms with Gasteiger partial charge in [0.2, 0.25) is 0 Å². The van der Waals surface area contributed by atoms with E-state index in [4.69, 9.17) is 4.74 Å². The van der Waals surface area contributed by atoms with Crippen LogP contribution in [0.5, 0.6) is 0 Å². The summed E-state index contributed by atoms with van der Waals surface area (Å²) in [7, 11) is 0. The first kappa shape index (κ1) is 37.0. The molecule has 0 aliphatic heterocycles. The van der Waals surface area contributed by atoms with E-state index in [0.717, 1.165) is 54.8 Å². The summed E-state index contributed by atoms with van der Waals surface area (Å²) in [5.74, 6) is 5.34. The Hall–Kier alpha value is -0.790. The van der Waals surface area contributed by atoms with Crippen molar-refractivity contribution in [3.8, 4) is 0 Å². The van der Waals surface area contributed by atoms with E-state index in [1.807, 2.05) is 0 Å². The number of hydrogen-bond donors (Lipinski definition) is 0. The Morgan fingerprint density at radius 2 is 1.42 bits per heavy atom. The van der Waals surface area contributed by atoms with Crippen LogP contribution in [-0.4, -0.2) is 12.1 Å². The maximum absolute atomic E-state index is 12.8. The number of carbonyl (C=O) groups is 1. The molecule has 1 unspecified atom stereocenters. The zero-order valence-corrected chi connectivity index (χ0v) is 31.1. The number of rotatable bonds is 20. The van der Waals surface area contributed by atoms with E-state index in [0.29, 0.717) is 17.3 Å². The molecule has 0 N–H and O–H groups in total. The molecule has 0 spiro atoms. The van der Waals surface area contributed by atoms with Gasteiger partial charge >= 0.3 is 5.97 Å². The minimum Gasteiger partial charge on any atom is -0.462 e. The summed E-state index contributed by atoms with van der Waals surface area (Å²) in [5.41, 5.74) is 2.54. The predicted octanol–water partition coefficient (Wildman–Crippen LogP) is 13.4. The fourth-order valence-electron chi connectivity index (χ4n) is 11.3. The third kappa shape index (κ3) is 9.87. The summed E-state index contributed by atoms with van der Waals surface area (Å²) in [6.45, 7) is 14.9. The average Bonchev–Trinajstić information content (AvgIpc) is 3.37. The van der Waals surface area contributed by atoms with E-state index in [1.54, 1.807) is 5.57 Å². The average molecular weight is 625 g/mol. The molecule has 2 nitrogen and oxygen atoms in total. The molecule has 0 saturated heterocycles. The largest absolute Gasteiger partial charge is 0.462 e. The van der Waals surface area contributed by atoms with E-state index in [1.165, 1.54) is 135 Å². The van der Waals surface area contributed by atoms with E-state index < -0.39 is 0 Å². The third-order valence-electron chi connectivity index (χ3n) is 14.0. The zero-order chi connectivity index (χ0) is 32.3. The van der Waals surface area contributed by atoms with Gasteiger partial charge in [0, 0.05) is 12.8 Å². The van der Waals surface area contributed by atoms with Crippen molar-refractivity contribution >= 4 is 5.97 Å². The quantitative estimate of drug-likeness (QED) is 0.0765. The molecular weight excluding hydrogens is 548 g/mol. The Bertz CT molecular complexity index is 904. The second kappa shape index (κ2) is 18.1. The second-order valence-corrected chi connectivity index (χ2v) is 17.6. The normalized spacial score (nSPS) is 33.3. The summed E-state index contributed by atoms with van der Waals surface area (Å²) in [6, 6.07) is 0. The number of esters is 1. The molecule has 0 aromatic rings. The van der Waals surface area contributed by atoms with Crippen LogP contribution in [0.3, 0.4) is 0 Å². The highest BCUT2D eigenvalue weighted by Crippen LogP contribution is 2.67. The fourth-order valence-corrected chi connectivity index (χ4v) is 11.3. The van der Waals surface area contributed by atoms with Crippen LogP contribution >= 0.6 is 0 Å². The highest BCUT2D eigenvalue weighted by molar-refractivity contribution is 5.69. The van der Waals surface area contributed by atoms with Gasteiger partial charge in [0.15, 0.2) is 0 Å². The van der Waals surface area contributed by atoms with Gasteiger partial charge in [-0.2, -0.15) is 0 Å². The van der Waals surface area contributed by atoms with E-state index >= 15 is 0 Å². The first-order chi connectivity index (χ1) is 21.7. The summed E-state index contributed by atoms with van der Waals surface area (Å²) in [4.78, 5) is 12.8. The molecule has 0 aromatic carbocycles. The van der Waals surface area contributed by atoms with Crippen molar-refractivity contribution in [2.24, 2.45) is 46.3 Å². The molecule has 3 saturated carbocycles. The zero-order valence-electron chi connectivity index (χ0n) is 31.1. The summed E-state index contributed by atoms with van der Waals surface area (Å²) < 4.78 is 6.12. The smallest absolute Gasteiger partial charge is 0.306 e.